The molecule has 0 unspecified atom stereocenters. The van der Waals surface area contributed by atoms with Gasteiger partial charge in [0, 0.05) is 25.0 Å². The summed E-state index contributed by atoms with van der Waals surface area (Å²) < 4.78 is 0. The van der Waals surface area contributed by atoms with Crippen molar-refractivity contribution in [1.29, 1.82) is 0 Å². The molecule has 1 aliphatic carbocycles. The summed E-state index contributed by atoms with van der Waals surface area (Å²) in [6, 6.07) is 10.1. The lowest BCUT2D eigenvalue weighted by Gasteiger charge is -2.26. The Morgan fingerprint density at radius 3 is 2.35 bits per heavy atom. The van der Waals surface area contributed by atoms with Crippen LogP contribution in [0.3, 0.4) is 0 Å². The molecule has 0 spiro atoms. The van der Waals surface area contributed by atoms with Gasteiger partial charge in [0.25, 0.3) is 0 Å². The molecule has 1 aromatic rings. The summed E-state index contributed by atoms with van der Waals surface area (Å²) in [6.07, 6.45) is 4.52. The molecular formula is C17H26ClN3O2. The summed E-state index contributed by atoms with van der Waals surface area (Å²) in [7, 11) is 0. The molecule has 0 heterocycles. The second-order valence-electron chi connectivity index (χ2n) is 5.94. The molecular weight excluding hydrogens is 314 g/mol. The minimum absolute atomic E-state index is 0. The fourth-order valence-electron chi connectivity index (χ4n) is 2.72. The maximum absolute atomic E-state index is 11.8. The Balaban J connectivity index is 0.00000264. The highest BCUT2D eigenvalue weighted by atomic mass is 35.5. The second-order valence-corrected chi connectivity index (χ2v) is 5.94. The van der Waals surface area contributed by atoms with Crippen molar-refractivity contribution in [1.82, 2.24) is 10.6 Å². The lowest BCUT2D eigenvalue weighted by Crippen LogP contribution is -2.41. The molecule has 1 saturated carbocycles. The lowest BCUT2D eigenvalue weighted by molar-refractivity contribution is -0.122. The Bertz CT molecular complexity index is 488. The summed E-state index contributed by atoms with van der Waals surface area (Å²) in [5, 5.41) is 5.80. The zero-order valence-electron chi connectivity index (χ0n) is 13.3. The van der Waals surface area contributed by atoms with Gasteiger partial charge in [0.1, 0.15) is 0 Å². The largest absolute Gasteiger partial charge is 0.355 e. The van der Waals surface area contributed by atoms with Crippen LogP contribution in [-0.4, -0.2) is 30.4 Å². The van der Waals surface area contributed by atoms with Crippen LogP contribution in [0.1, 0.15) is 37.7 Å². The molecule has 1 aliphatic rings. The highest BCUT2D eigenvalue weighted by Gasteiger charge is 2.19. The van der Waals surface area contributed by atoms with E-state index in [0.29, 0.717) is 19.4 Å². The van der Waals surface area contributed by atoms with E-state index < -0.39 is 0 Å². The highest BCUT2D eigenvalue weighted by Crippen LogP contribution is 2.16. The maximum atomic E-state index is 11.8. The van der Waals surface area contributed by atoms with E-state index in [-0.39, 0.29) is 36.3 Å². The second kappa shape index (κ2) is 10.2. The molecule has 0 bridgehead atoms. The monoisotopic (exact) mass is 339 g/mol. The molecule has 4 N–H and O–H groups in total. The van der Waals surface area contributed by atoms with Gasteiger partial charge in [0.15, 0.2) is 0 Å². The molecule has 0 saturated heterocycles. The topological polar surface area (TPSA) is 84.2 Å². The van der Waals surface area contributed by atoms with Gasteiger partial charge in [-0.2, -0.15) is 0 Å². The van der Waals surface area contributed by atoms with Crippen LogP contribution in [0, 0.1) is 0 Å². The van der Waals surface area contributed by atoms with E-state index in [1.54, 1.807) is 0 Å². The van der Waals surface area contributed by atoms with Crippen molar-refractivity contribution < 1.29 is 9.59 Å². The quantitative estimate of drug-likeness (QED) is 0.735. The van der Waals surface area contributed by atoms with Crippen molar-refractivity contribution in [3.05, 3.63) is 35.9 Å². The van der Waals surface area contributed by atoms with E-state index in [9.17, 15) is 9.59 Å². The molecule has 5 nitrogen and oxygen atoms in total. The third-order valence-electron chi connectivity index (χ3n) is 4.02. The predicted molar refractivity (Wildman–Crippen MR) is 93.4 cm³/mol. The fourth-order valence-corrected chi connectivity index (χ4v) is 2.72. The van der Waals surface area contributed by atoms with Gasteiger partial charge in [0.2, 0.25) is 11.8 Å². The maximum Gasteiger partial charge on any atom is 0.224 e. The molecule has 0 aliphatic heterocycles. The molecule has 2 rings (SSSR count). The molecule has 23 heavy (non-hydrogen) atoms. The van der Waals surface area contributed by atoms with Gasteiger partial charge in [-0.3, -0.25) is 9.59 Å². The van der Waals surface area contributed by atoms with Crippen LogP contribution >= 0.6 is 12.4 Å². The molecule has 0 radical (unpaired) electrons. The van der Waals surface area contributed by atoms with Crippen LogP contribution in [-0.2, 0) is 16.0 Å². The van der Waals surface area contributed by atoms with Crippen LogP contribution in [0.25, 0.3) is 0 Å². The molecule has 0 atom stereocenters. The number of halogens is 1. The Kier molecular flexibility index (Phi) is 8.66. The highest BCUT2D eigenvalue weighted by molar-refractivity contribution is 5.85. The van der Waals surface area contributed by atoms with Crippen molar-refractivity contribution in [2.75, 3.05) is 6.54 Å². The Morgan fingerprint density at radius 1 is 1.04 bits per heavy atom. The number of nitrogens with one attached hydrogen (secondary N) is 2. The average Bonchev–Trinajstić information content (AvgIpc) is 2.50. The third kappa shape index (κ3) is 7.48. The summed E-state index contributed by atoms with van der Waals surface area (Å²) in [4.78, 5) is 23.6. The number of carbonyl (C=O) groups excluding carboxylic acids is 2. The molecule has 0 aromatic heterocycles. The first kappa shape index (κ1) is 19.5. The third-order valence-corrected chi connectivity index (χ3v) is 4.02. The molecule has 2 amide bonds. The smallest absolute Gasteiger partial charge is 0.224 e. The Hall–Kier alpha value is -1.59. The lowest BCUT2D eigenvalue weighted by atomic mass is 9.92. The van der Waals surface area contributed by atoms with Gasteiger partial charge in [-0.1, -0.05) is 30.3 Å². The standard InChI is InChI=1S/C17H25N3O2.ClH/c18-14-6-8-15(9-7-14)20-16(21)10-11-19-17(22)12-13-4-2-1-3-5-13;/h1-5,14-15H,6-12,18H2,(H,19,22)(H,20,21);1H. The first-order valence-electron chi connectivity index (χ1n) is 7.99. The molecule has 128 valence electrons. The first-order chi connectivity index (χ1) is 10.6. The number of carbonyl (C=O) groups is 2. The number of hydrogen-bond donors (Lipinski definition) is 3. The van der Waals surface area contributed by atoms with E-state index in [1.807, 2.05) is 30.3 Å². The number of nitrogens with two attached hydrogens (primary N) is 1. The van der Waals surface area contributed by atoms with Gasteiger partial charge in [-0.25, -0.2) is 0 Å². The van der Waals surface area contributed by atoms with Crippen molar-refractivity contribution >= 4 is 24.2 Å². The van der Waals surface area contributed by atoms with E-state index >= 15 is 0 Å². The first-order valence-corrected chi connectivity index (χ1v) is 7.99. The van der Waals surface area contributed by atoms with Gasteiger partial charge in [0.05, 0.1) is 6.42 Å². The van der Waals surface area contributed by atoms with Crippen molar-refractivity contribution in [2.24, 2.45) is 5.73 Å². The van der Waals surface area contributed by atoms with Gasteiger partial charge < -0.3 is 16.4 Å². The molecule has 1 fully saturated rings. The van der Waals surface area contributed by atoms with Crippen molar-refractivity contribution in [3.63, 3.8) is 0 Å². The van der Waals surface area contributed by atoms with E-state index in [4.69, 9.17) is 5.73 Å². The predicted octanol–water partition coefficient (Wildman–Crippen LogP) is 1.54. The Labute approximate surface area is 143 Å². The number of benzene rings is 1. The van der Waals surface area contributed by atoms with Gasteiger partial charge >= 0.3 is 0 Å². The number of hydrogen-bond acceptors (Lipinski definition) is 3. The van der Waals surface area contributed by atoms with Crippen LogP contribution in [0.5, 0.6) is 0 Å². The van der Waals surface area contributed by atoms with Crippen LogP contribution in [0.15, 0.2) is 30.3 Å². The van der Waals surface area contributed by atoms with Crippen LogP contribution in [0.4, 0.5) is 0 Å². The van der Waals surface area contributed by atoms with E-state index in [0.717, 1.165) is 31.2 Å². The van der Waals surface area contributed by atoms with Crippen molar-refractivity contribution in [2.45, 2.75) is 50.6 Å². The number of amides is 2. The minimum atomic E-state index is -0.0531. The molecule has 6 heteroatoms. The normalized spacial score (nSPS) is 20.2. The van der Waals surface area contributed by atoms with Gasteiger partial charge in [-0.05, 0) is 31.2 Å². The van der Waals surface area contributed by atoms with Crippen LogP contribution in [0.2, 0.25) is 0 Å². The fraction of sp³-hybridized carbons (Fsp3) is 0.529. The Morgan fingerprint density at radius 2 is 1.70 bits per heavy atom. The van der Waals surface area contributed by atoms with E-state index in [1.165, 1.54) is 0 Å². The summed E-state index contributed by atoms with van der Waals surface area (Å²) >= 11 is 0. The minimum Gasteiger partial charge on any atom is -0.355 e. The zero-order valence-corrected chi connectivity index (χ0v) is 14.1. The number of rotatable bonds is 6. The van der Waals surface area contributed by atoms with E-state index in [2.05, 4.69) is 10.6 Å². The summed E-state index contributed by atoms with van der Waals surface area (Å²) in [5.74, 6) is -0.0527. The summed E-state index contributed by atoms with van der Waals surface area (Å²) in [5.41, 5.74) is 6.82. The SMILES string of the molecule is Cl.NC1CCC(NC(=O)CCNC(=O)Cc2ccccc2)CC1. The van der Waals surface area contributed by atoms with Crippen LogP contribution < -0.4 is 16.4 Å². The summed E-state index contributed by atoms with van der Waals surface area (Å²) in [6.45, 7) is 0.379. The van der Waals surface area contributed by atoms with Gasteiger partial charge in [-0.15, -0.1) is 12.4 Å². The zero-order chi connectivity index (χ0) is 15.8. The molecule has 1 aromatic carbocycles. The average molecular weight is 340 g/mol. The van der Waals surface area contributed by atoms with Crippen molar-refractivity contribution in [3.8, 4) is 0 Å².